The van der Waals surface area contributed by atoms with E-state index < -0.39 is 5.91 Å². The molecule has 5 nitrogen and oxygen atoms in total. The molecule has 42 valence electrons. The number of nitrogens with one attached hydrogen (secondary N) is 2. The van der Waals surface area contributed by atoms with Crippen molar-refractivity contribution >= 4 is 5.91 Å². The van der Waals surface area contributed by atoms with Crippen molar-refractivity contribution in [2.24, 2.45) is 0 Å². The predicted octanol–water partition coefficient (Wildman–Crippen LogP) is -3.00. The van der Waals surface area contributed by atoms with Gasteiger partial charge in [-0.25, -0.2) is 4.98 Å². The minimum atomic E-state index is -0.845. The van der Waals surface area contributed by atoms with Gasteiger partial charge in [0.1, 0.15) is 12.2 Å². The monoisotopic (exact) mass is 134 g/mol. The van der Waals surface area contributed by atoms with E-state index >= 15 is 0 Å². The van der Waals surface area contributed by atoms with E-state index in [2.05, 4.69) is 15.2 Å². The molecule has 0 bridgehead atoms. The van der Waals surface area contributed by atoms with E-state index in [1.807, 2.05) is 0 Å². The molecule has 0 aliphatic carbocycles. The summed E-state index contributed by atoms with van der Waals surface area (Å²) < 4.78 is 0. The molecule has 9 heavy (non-hydrogen) atoms. The maximum atomic E-state index is 10.0. The molecule has 0 aromatic carbocycles. The van der Waals surface area contributed by atoms with Crippen molar-refractivity contribution in [1.29, 1.82) is 0 Å². The molecule has 1 aromatic rings. The minimum Gasteiger partial charge on any atom is -0.661 e. The second-order valence-electron chi connectivity index (χ2n) is 1.16. The van der Waals surface area contributed by atoms with Crippen LogP contribution in [-0.2, 0) is 0 Å². The van der Waals surface area contributed by atoms with E-state index in [1.54, 1.807) is 0 Å². The fourth-order valence-electron chi connectivity index (χ4n) is 0.315. The summed E-state index contributed by atoms with van der Waals surface area (Å²) in [7, 11) is 0. The van der Waals surface area contributed by atoms with Gasteiger partial charge in [-0.05, 0) is 0 Å². The zero-order valence-electron chi connectivity index (χ0n) is 4.88. The molecule has 1 aromatic heterocycles. The fourth-order valence-corrected chi connectivity index (χ4v) is 0.315. The van der Waals surface area contributed by atoms with Crippen LogP contribution in [0.1, 0.15) is 10.6 Å². The second-order valence-corrected chi connectivity index (χ2v) is 1.16. The first-order valence-electron chi connectivity index (χ1n) is 1.92. The van der Waals surface area contributed by atoms with Gasteiger partial charge < -0.3 is 10.5 Å². The van der Waals surface area contributed by atoms with Gasteiger partial charge in [-0.15, -0.1) is 0 Å². The molecule has 1 heterocycles. The third-order valence-electron chi connectivity index (χ3n) is 0.630. The number of nitrogens with zero attached hydrogens (tertiary/aromatic N) is 2. The number of carbonyl (C=O) groups is 1. The Morgan fingerprint density at radius 1 is 1.78 bits per heavy atom. The van der Waals surface area contributed by atoms with Gasteiger partial charge in [0.05, 0.1) is 0 Å². The molecule has 6 heteroatoms. The molecule has 1 amide bonds. The molecule has 0 fully saturated rings. The van der Waals surface area contributed by atoms with Crippen LogP contribution < -0.4 is 29.6 Å². The topological polar surface area (TPSA) is 82.4 Å². The fraction of sp³-hybridized carbons (Fsp3) is 0. The number of aromatic nitrogens is 3. The number of H-pyrrole nitrogens is 1. The van der Waals surface area contributed by atoms with Crippen LogP contribution in [0.25, 0.3) is 5.73 Å². The number of hydrogen-bond donors (Lipinski definition) is 1. The maximum Gasteiger partial charge on any atom is 1.00 e. The van der Waals surface area contributed by atoms with Gasteiger partial charge in [0.2, 0.25) is 0 Å². The molecular formula is C3H3N4NaO. The molecule has 0 unspecified atom stereocenters. The summed E-state index contributed by atoms with van der Waals surface area (Å²) in [5.41, 5.74) is 6.46. The quantitative estimate of drug-likeness (QED) is 0.415. The number of amides is 1. The Hall–Kier alpha value is -0.390. The Kier molecular flexibility index (Phi) is 3.44. The van der Waals surface area contributed by atoms with Crippen LogP contribution in [-0.4, -0.2) is 21.1 Å². The smallest absolute Gasteiger partial charge is 0.661 e. The van der Waals surface area contributed by atoms with Crippen LogP contribution in [0.3, 0.4) is 0 Å². The predicted molar refractivity (Wildman–Crippen MR) is 25.0 cm³/mol. The molecule has 0 saturated heterocycles. The van der Waals surface area contributed by atoms with Crippen LogP contribution in [0, 0.1) is 0 Å². The average Bonchev–Trinajstić information content (AvgIpc) is 2.12. The van der Waals surface area contributed by atoms with Crippen molar-refractivity contribution in [2.75, 3.05) is 0 Å². The normalized spacial score (nSPS) is 8.00. The molecule has 0 spiro atoms. The van der Waals surface area contributed by atoms with E-state index in [-0.39, 0.29) is 35.4 Å². The number of hydrogen-bond acceptors (Lipinski definition) is 3. The minimum absolute atomic E-state index is 0. The van der Waals surface area contributed by atoms with Gasteiger partial charge in [0.15, 0.2) is 5.82 Å². The Balaban J connectivity index is 0.000000640. The van der Waals surface area contributed by atoms with Gasteiger partial charge in [0.25, 0.3) is 0 Å². The van der Waals surface area contributed by atoms with Crippen molar-refractivity contribution in [1.82, 2.24) is 15.2 Å². The zero-order chi connectivity index (χ0) is 5.98. The van der Waals surface area contributed by atoms with Crippen LogP contribution in [0.15, 0.2) is 6.33 Å². The molecule has 0 atom stereocenters. The summed E-state index contributed by atoms with van der Waals surface area (Å²) in [6.07, 6.45) is 1.18. The number of rotatable bonds is 1. The Morgan fingerprint density at radius 3 is 2.67 bits per heavy atom. The zero-order valence-corrected chi connectivity index (χ0v) is 6.88. The largest absolute Gasteiger partial charge is 1.00 e. The standard InChI is InChI=1S/C3H4N4O.Na/c4-2(8)3-5-1-6-7-3;/h1H,(H3,4,5,6,7,8);/q;+1/p-1. The van der Waals surface area contributed by atoms with Gasteiger partial charge in [0, 0.05) is 0 Å². The molecule has 1 rings (SSSR count). The summed E-state index contributed by atoms with van der Waals surface area (Å²) in [5, 5.41) is 5.60. The first kappa shape index (κ1) is 8.61. The molecular weight excluding hydrogens is 131 g/mol. The summed E-state index contributed by atoms with van der Waals surface area (Å²) in [4.78, 5) is 13.5. The number of carbonyl (C=O) groups excluding carboxylic acids is 1. The van der Waals surface area contributed by atoms with Crippen molar-refractivity contribution in [3.05, 3.63) is 17.9 Å². The summed E-state index contributed by atoms with van der Waals surface area (Å²) in [6.45, 7) is 0. The van der Waals surface area contributed by atoms with E-state index in [0.29, 0.717) is 0 Å². The summed E-state index contributed by atoms with van der Waals surface area (Å²) >= 11 is 0. The Morgan fingerprint density at radius 2 is 2.44 bits per heavy atom. The third-order valence-corrected chi connectivity index (χ3v) is 0.630. The first-order valence-corrected chi connectivity index (χ1v) is 1.92. The van der Waals surface area contributed by atoms with E-state index in [9.17, 15) is 4.79 Å². The molecule has 0 saturated carbocycles. The van der Waals surface area contributed by atoms with Crippen LogP contribution >= 0.6 is 0 Å². The van der Waals surface area contributed by atoms with Crippen molar-refractivity contribution in [3.63, 3.8) is 0 Å². The number of aromatic amines is 1. The SMILES string of the molecule is [NH-]C(=O)c1ncn[nH]1.[Na+]. The summed E-state index contributed by atoms with van der Waals surface area (Å²) in [6, 6.07) is 0. The molecule has 2 N–H and O–H groups in total. The van der Waals surface area contributed by atoms with E-state index in [1.165, 1.54) is 6.33 Å². The van der Waals surface area contributed by atoms with Crippen molar-refractivity contribution < 1.29 is 34.4 Å². The second kappa shape index (κ2) is 3.60. The Bertz CT molecular complexity index is 184. The van der Waals surface area contributed by atoms with Gasteiger partial charge in [-0.1, -0.05) is 0 Å². The van der Waals surface area contributed by atoms with Crippen LogP contribution in [0.2, 0.25) is 0 Å². The van der Waals surface area contributed by atoms with E-state index in [4.69, 9.17) is 5.73 Å². The van der Waals surface area contributed by atoms with Crippen molar-refractivity contribution in [3.8, 4) is 0 Å². The van der Waals surface area contributed by atoms with E-state index in [0.717, 1.165) is 0 Å². The van der Waals surface area contributed by atoms with Gasteiger partial charge in [-0.3, -0.25) is 5.10 Å². The maximum absolute atomic E-state index is 10.0. The average molecular weight is 134 g/mol. The van der Waals surface area contributed by atoms with Gasteiger partial charge in [-0.2, -0.15) is 5.10 Å². The summed E-state index contributed by atoms with van der Waals surface area (Å²) in [5.74, 6) is -0.868. The third kappa shape index (κ3) is 2.13. The molecule has 0 aliphatic rings. The van der Waals surface area contributed by atoms with Crippen LogP contribution in [0.5, 0.6) is 0 Å². The molecule has 0 radical (unpaired) electrons. The van der Waals surface area contributed by atoms with Crippen molar-refractivity contribution in [2.45, 2.75) is 0 Å². The van der Waals surface area contributed by atoms with Gasteiger partial charge >= 0.3 is 29.6 Å². The molecule has 0 aliphatic heterocycles. The Labute approximate surface area is 73.3 Å². The first-order chi connectivity index (χ1) is 3.80. The van der Waals surface area contributed by atoms with Crippen LogP contribution in [0.4, 0.5) is 0 Å².